The minimum absolute atomic E-state index is 0.0315. The Morgan fingerprint density at radius 1 is 1.25 bits per heavy atom. The first-order valence-electron chi connectivity index (χ1n) is 11.3. The van der Waals surface area contributed by atoms with Gasteiger partial charge < -0.3 is 15.2 Å². The number of nitrogens with one attached hydrogen (secondary N) is 1. The summed E-state index contributed by atoms with van der Waals surface area (Å²) in [6, 6.07) is 5.96. The summed E-state index contributed by atoms with van der Waals surface area (Å²) in [6.45, 7) is 4.41. The minimum atomic E-state index is -0.216. The van der Waals surface area contributed by atoms with Crippen LogP contribution in [0.5, 0.6) is 0 Å². The molecule has 0 amide bonds. The van der Waals surface area contributed by atoms with E-state index in [0.29, 0.717) is 30.6 Å². The van der Waals surface area contributed by atoms with Gasteiger partial charge in [-0.25, -0.2) is 9.50 Å². The summed E-state index contributed by atoms with van der Waals surface area (Å²) in [7, 11) is 1.67. The average molecular weight is 438 g/mol. The van der Waals surface area contributed by atoms with Gasteiger partial charge in [0.05, 0.1) is 24.4 Å². The van der Waals surface area contributed by atoms with E-state index in [4.69, 9.17) is 9.84 Å². The lowest BCUT2D eigenvalue weighted by atomic mass is 9.85. The molecule has 0 aromatic carbocycles. The number of carbonyl (C=O) groups excluding carboxylic acids is 1. The van der Waals surface area contributed by atoms with Crippen LogP contribution in [0.15, 0.2) is 30.6 Å². The Bertz CT molecular complexity index is 1070. The van der Waals surface area contributed by atoms with Crippen molar-refractivity contribution in [1.29, 1.82) is 0 Å². The Morgan fingerprint density at radius 3 is 2.69 bits per heavy atom. The van der Waals surface area contributed by atoms with Crippen LogP contribution in [0.25, 0.3) is 16.6 Å². The van der Waals surface area contributed by atoms with E-state index in [1.807, 2.05) is 30.6 Å². The smallest absolute Gasteiger partial charge is 0.241 e. The molecule has 3 aromatic heterocycles. The van der Waals surface area contributed by atoms with E-state index in [2.05, 4.69) is 21.4 Å². The molecule has 1 saturated carbocycles. The van der Waals surface area contributed by atoms with E-state index in [-0.39, 0.29) is 17.9 Å². The van der Waals surface area contributed by atoms with Gasteiger partial charge in [-0.1, -0.05) is 13.0 Å². The van der Waals surface area contributed by atoms with Gasteiger partial charge in [-0.3, -0.25) is 9.78 Å². The highest BCUT2D eigenvalue weighted by molar-refractivity contribution is 5.94. The van der Waals surface area contributed by atoms with Crippen LogP contribution >= 0.6 is 0 Å². The first-order valence-corrected chi connectivity index (χ1v) is 11.3. The van der Waals surface area contributed by atoms with E-state index in [1.165, 1.54) is 0 Å². The van der Waals surface area contributed by atoms with Gasteiger partial charge in [0, 0.05) is 48.5 Å². The number of ether oxygens (including phenoxy) is 1. The summed E-state index contributed by atoms with van der Waals surface area (Å²) >= 11 is 0. The fourth-order valence-electron chi connectivity index (χ4n) is 4.39. The van der Waals surface area contributed by atoms with Crippen molar-refractivity contribution in [2.45, 2.75) is 64.0 Å². The van der Waals surface area contributed by atoms with Crippen molar-refractivity contribution in [1.82, 2.24) is 19.6 Å². The highest BCUT2D eigenvalue weighted by atomic mass is 16.5. The molecule has 0 saturated heterocycles. The first-order chi connectivity index (χ1) is 15.5. The van der Waals surface area contributed by atoms with Gasteiger partial charge in [-0.15, -0.1) is 5.10 Å². The summed E-state index contributed by atoms with van der Waals surface area (Å²) in [5.41, 5.74) is 4.41. The Morgan fingerprint density at radius 2 is 2.03 bits per heavy atom. The molecular weight excluding hydrogens is 406 g/mol. The lowest BCUT2D eigenvalue weighted by molar-refractivity contribution is 0.0983. The highest BCUT2D eigenvalue weighted by Gasteiger charge is 2.25. The largest absolute Gasteiger partial charge is 0.393 e. The van der Waals surface area contributed by atoms with Gasteiger partial charge in [0.1, 0.15) is 5.69 Å². The number of nitrogens with zero attached hydrogens (tertiary/aromatic N) is 4. The number of aliphatic hydroxyl groups excluding tert-OH is 1. The normalized spacial score (nSPS) is 19.8. The second kappa shape index (κ2) is 9.75. The number of hydrogen-bond acceptors (Lipinski definition) is 7. The number of methoxy groups -OCH3 is 1. The molecule has 0 bridgehead atoms. The predicted molar refractivity (Wildman–Crippen MR) is 123 cm³/mol. The number of fused-ring (bicyclic) bond motifs is 1. The molecule has 32 heavy (non-hydrogen) atoms. The topological polar surface area (TPSA) is 102 Å². The van der Waals surface area contributed by atoms with E-state index < -0.39 is 0 Å². The molecule has 8 heteroatoms. The lowest BCUT2D eigenvalue weighted by Gasteiger charge is -2.25. The van der Waals surface area contributed by atoms with Gasteiger partial charge in [-0.2, -0.15) is 0 Å². The predicted octanol–water partition coefficient (Wildman–Crippen LogP) is 3.85. The third kappa shape index (κ3) is 4.66. The van der Waals surface area contributed by atoms with Gasteiger partial charge in [0.25, 0.3) is 0 Å². The van der Waals surface area contributed by atoms with Crippen LogP contribution in [0, 0.1) is 0 Å². The number of rotatable bonds is 8. The Hall–Kier alpha value is -2.84. The molecular formula is C24H31N5O3. The summed E-state index contributed by atoms with van der Waals surface area (Å²) in [5.74, 6) is 0.889. The number of carbonyl (C=O) groups is 1. The second-order valence-electron chi connectivity index (χ2n) is 8.58. The molecule has 8 nitrogen and oxygen atoms in total. The van der Waals surface area contributed by atoms with E-state index in [0.717, 1.165) is 48.0 Å². The van der Waals surface area contributed by atoms with Crippen molar-refractivity contribution >= 4 is 17.2 Å². The Kier molecular flexibility index (Phi) is 6.81. The molecule has 0 radical (unpaired) electrons. The summed E-state index contributed by atoms with van der Waals surface area (Å²) in [4.78, 5) is 20.9. The highest BCUT2D eigenvalue weighted by Crippen LogP contribution is 2.37. The third-order valence-corrected chi connectivity index (χ3v) is 6.13. The second-order valence-corrected chi connectivity index (χ2v) is 8.58. The van der Waals surface area contributed by atoms with Crippen molar-refractivity contribution < 1.29 is 14.6 Å². The maximum absolute atomic E-state index is 12.0. The Balaban J connectivity index is 1.75. The maximum atomic E-state index is 12.0. The van der Waals surface area contributed by atoms with Crippen LogP contribution in [-0.2, 0) is 4.74 Å². The van der Waals surface area contributed by atoms with Crippen LogP contribution in [0.4, 0.5) is 5.95 Å². The Labute approximate surface area is 188 Å². The number of anilines is 1. The molecule has 1 atom stereocenters. The molecule has 0 spiro atoms. The van der Waals surface area contributed by atoms with Gasteiger partial charge >= 0.3 is 0 Å². The number of ketones is 1. The molecule has 1 aliphatic rings. The molecule has 170 valence electrons. The van der Waals surface area contributed by atoms with Crippen molar-refractivity contribution in [3.63, 3.8) is 0 Å². The van der Waals surface area contributed by atoms with Gasteiger partial charge in [0.2, 0.25) is 5.95 Å². The molecule has 0 aliphatic heterocycles. The third-order valence-electron chi connectivity index (χ3n) is 6.13. The summed E-state index contributed by atoms with van der Waals surface area (Å²) in [6.07, 6.45) is 7.23. The lowest BCUT2D eigenvalue weighted by Crippen LogP contribution is -2.23. The summed E-state index contributed by atoms with van der Waals surface area (Å²) < 4.78 is 7.18. The monoisotopic (exact) mass is 437 g/mol. The molecule has 2 N–H and O–H groups in total. The van der Waals surface area contributed by atoms with Crippen molar-refractivity contribution in [3.05, 3.63) is 42.0 Å². The van der Waals surface area contributed by atoms with Crippen LogP contribution in [-0.4, -0.2) is 56.3 Å². The zero-order chi connectivity index (χ0) is 22.7. The van der Waals surface area contributed by atoms with E-state index in [1.54, 1.807) is 19.4 Å². The number of hydrogen-bond donors (Lipinski definition) is 2. The van der Waals surface area contributed by atoms with Crippen molar-refractivity contribution in [2.75, 3.05) is 19.0 Å². The fourth-order valence-corrected chi connectivity index (χ4v) is 4.39. The molecule has 3 heterocycles. The van der Waals surface area contributed by atoms with Crippen LogP contribution in [0.3, 0.4) is 0 Å². The quantitative estimate of drug-likeness (QED) is 0.516. The minimum Gasteiger partial charge on any atom is -0.393 e. The number of aliphatic hydroxyl groups is 1. The standard InChI is InChI=1S/C24H31N5O3/c1-4-23(31)20-10-7-17(12-25-20)19-11-21(16-5-8-18(30)9-6-16)29-22(19)13-26-24(28-29)27-15(2)14-32-3/h7,10-13,15-16,18,30H,4-6,8-9,14H2,1-3H3,(H,27,28)/t15-,16?,18?/m0/s1. The SMILES string of the molecule is CCC(=O)c1ccc(-c2cc(C3CCC(O)CC3)n3nc(N[C@@H](C)COC)ncc23)cn1. The van der Waals surface area contributed by atoms with Crippen molar-refractivity contribution in [3.8, 4) is 11.1 Å². The van der Waals surface area contributed by atoms with Crippen LogP contribution < -0.4 is 5.32 Å². The van der Waals surface area contributed by atoms with Gasteiger partial charge in [-0.05, 0) is 44.7 Å². The molecule has 1 fully saturated rings. The van der Waals surface area contributed by atoms with E-state index >= 15 is 0 Å². The first kappa shape index (κ1) is 22.4. The fraction of sp³-hybridized carbons (Fsp3) is 0.500. The average Bonchev–Trinajstić information content (AvgIpc) is 3.18. The summed E-state index contributed by atoms with van der Waals surface area (Å²) in [5, 5.41) is 18.1. The number of Topliss-reactive ketones (excluding diaryl/α,β-unsaturated/α-hetero) is 1. The van der Waals surface area contributed by atoms with Gasteiger partial charge in [0.15, 0.2) is 5.78 Å². The molecule has 4 rings (SSSR count). The van der Waals surface area contributed by atoms with Crippen LogP contribution in [0.2, 0.25) is 0 Å². The van der Waals surface area contributed by atoms with E-state index in [9.17, 15) is 9.90 Å². The zero-order valence-electron chi connectivity index (χ0n) is 18.9. The number of aromatic nitrogens is 4. The maximum Gasteiger partial charge on any atom is 0.241 e. The molecule has 0 unspecified atom stereocenters. The number of pyridine rings is 1. The molecule has 3 aromatic rings. The molecule has 1 aliphatic carbocycles. The van der Waals surface area contributed by atoms with Crippen LogP contribution in [0.1, 0.15) is 68.1 Å². The van der Waals surface area contributed by atoms with Crippen molar-refractivity contribution in [2.24, 2.45) is 0 Å². The zero-order valence-corrected chi connectivity index (χ0v) is 18.9.